The van der Waals surface area contributed by atoms with Gasteiger partial charge in [0.2, 0.25) is 0 Å². The molecule has 0 saturated carbocycles. The van der Waals surface area contributed by atoms with E-state index in [1.807, 2.05) is 60.4 Å². The molecule has 0 unspecified atom stereocenters. The molecule has 0 amide bonds. The van der Waals surface area contributed by atoms with Crippen molar-refractivity contribution in [2.75, 3.05) is 20.1 Å². The van der Waals surface area contributed by atoms with Gasteiger partial charge in [0.1, 0.15) is 22.0 Å². The highest BCUT2D eigenvalue weighted by molar-refractivity contribution is 6.36. The van der Waals surface area contributed by atoms with Crippen molar-refractivity contribution < 1.29 is 4.74 Å². The van der Waals surface area contributed by atoms with Crippen LogP contribution in [0.4, 0.5) is 0 Å². The van der Waals surface area contributed by atoms with Crippen molar-refractivity contribution in [2.24, 2.45) is 5.92 Å². The topological polar surface area (TPSA) is 69.0 Å². The van der Waals surface area contributed by atoms with Gasteiger partial charge in [0.15, 0.2) is 0 Å². The van der Waals surface area contributed by atoms with Crippen LogP contribution in [0.2, 0.25) is 5.02 Å². The van der Waals surface area contributed by atoms with E-state index in [0.29, 0.717) is 33.5 Å². The Morgan fingerprint density at radius 2 is 1.83 bits per heavy atom. The fourth-order valence-electron chi connectivity index (χ4n) is 4.74. The van der Waals surface area contributed by atoms with E-state index in [0.717, 1.165) is 47.5 Å². The van der Waals surface area contributed by atoms with Crippen molar-refractivity contribution in [1.29, 1.82) is 0 Å². The summed E-state index contributed by atoms with van der Waals surface area (Å²) >= 11 is 6.77. The number of hydrogen-bond donors (Lipinski definition) is 0. The summed E-state index contributed by atoms with van der Waals surface area (Å²) in [6.45, 7) is 5.19. The molecule has 182 valence electrons. The molecule has 4 heterocycles. The molecule has 6 rings (SSSR count). The van der Waals surface area contributed by atoms with E-state index in [4.69, 9.17) is 21.3 Å². The van der Waals surface area contributed by atoms with Crippen LogP contribution in [-0.4, -0.2) is 49.8 Å². The number of aromatic nitrogens is 5. The zero-order valence-electron chi connectivity index (χ0n) is 20.4. The van der Waals surface area contributed by atoms with Crippen LogP contribution in [0.5, 0.6) is 11.5 Å². The number of likely N-dealkylation sites (tertiary alicyclic amines) is 1. The monoisotopic (exact) mass is 498 g/mol. The lowest BCUT2D eigenvalue weighted by atomic mass is 9.97. The van der Waals surface area contributed by atoms with Gasteiger partial charge in [-0.05, 0) is 76.2 Å². The maximum absolute atomic E-state index is 6.77. The Morgan fingerprint density at radius 3 is 2.69 bits per heavy atom. The number of nitrogens with zero attached hydrogens (tertiary/aromatic N) is 6. The van der Waals surface area contributed by atoms with Crippen LogP contribution in [-0.2, 0) is 6.54 Å². The summed E-state index contributed by atoms with van der Waals surface area (Å²) < 4.78 is 8.17. The van der Waals surface area contributed by atoms with Gasteiger partial charge in [-0.3, -0.25) is 14.6 Å². The molecule has 0 N–H and O–H groups in total. The van der Waals surface area contributed by atoms with E-state index in [2.05, 4.69) is 33.1 Å². The highest BCUT2D eigenvalue weighted by atomic mass is 35.5. The number of rotatable bonds is 5. The molecular formula is C28H27ClN6O. The number of aryl methyl sites for hydroxylation is 1. The smallest absolute Gasteiger partial charge is 0.148 e. The zero-order valence-corrected chi connectivity index (χ0v) is 21.1. The van der Waals surface area contributed by atoms with Gasteiger partial charge >= 0.3 is 0 Å². The summed E-state index contributed by atoms with van der Waals surface area (Å²) in [5.74, 6) is 1.85. The first-order valence-electron chi connectivity index (χ1n) is 12.2. The molecule has 0 aliphatic carbocycles. The third kappa shape index (κ3) is 4.64. The van der Waals surface area contributed by atoms with E-state index in [-0.39, 0.29) is 0 Å². The van der Waals surface area contributed by atoms with Gasteiger partial charge in [-0.25, -0.2) is 4.98 Å². The Bertz CT molecular complexity index is 1560. The zero-order chi connectivity index (χ0) is 24.6. The highest BCUT2D eigenvalue weighted by Crippen LogP contribution is 2.35. The second-order valence-corrected chi connectivity index (χ2v) is 9.99. The molecule has 7 nitrogen and oxygen atoms in total. The van der Waals surface area contributed by atoms with Crippen LogP contribution < -0.4 is 4.74 Å². The first kappa shape index (κ1) is 22.9. The van der Waals surface area contributed by atoms with Crippen molar-refractivity contribution in [3.05, 3.63) is 71.8 Å². The molecule has 0 atom stereocenters. The Hall–Kier alpha value is -3.55. The SMILES string of the molecule is Cc1ccc2ccc(Oc3ccc4ncc(-c5cnn(CC6CCN(C)CC6)c5)nc4c3Cl)cc2n1. The summed E-state index contributed by atoms with van der Waals surface area (Å²) in [6, 6.07) is 13.6. The second-order valence-electron chi connectivity index (χ2n) is 9.61. The molecule has 5 aromatic rings. The van der Waals surface area contributed by atoms with E-state index >= 15 is 0 Å². The first-order valence-corrected chi connectivity index (χ1v) is 12.6. The van der Waals surface area contributed by atoms with Crippen molar-refractivity contribution in [3.63, 3.8) is 0 Å². The predicted octanol–water partition coefficient (Wildman–Crippen LogP) is 6.14. The molecule has 0 bridgehead atoms. The molecule has 1 fully saturated rings. The van der Waals surface area contributed by atoms with Gasteiger partial charge < -0.3 is 9.64 Å². The van der Waals surface area contributed by atoms with Crippen LogP contribution >= 0.6 is 11.6 Å². The number of benzene rings is 2. The van der Waals surface area contributed by atoms with E-state index in [1.54, 1.807) is 6.20 Å². The van der Waals surface area contributed by atoms with E-state index in [9.17, 15) is 0 Å². The minimum absolute atomic E-state index is 0.429. The fraction of sp³-hybridized carbons (Fsp3) is 0.286. The maximum Gasteiger partial charge on any atom is 0.148 e. The van der Waals surface area contributed by atoms with Crippen LogP contribution in [0.1, 0.15) is 18.5 Å². The molecule has 2 aromatic carbocycles. The van der Waals surface area contributed by atoms with Crippen LogP contribution in [0.25, 0.3) is 33.2 Å². The van der Waals surface area contributed by atoms with Crippen LogP contribution in [0.15, 0.2) is 61.1 Å². The standard InChI is InChI=1S/C28H27ClN6O/c1-18-3-4-20-5-6-22(13-24(20)32-18)36-26-8-7-23-28(27(26)29)33-25(15-30-23)21-14-31-35(17-21)16-19-9-11-34(2)12-10-19/h3-8,13-15,17,19H,9-12,16H2,1-2H3. The molecular weight excluding hydrogens is 472 g/mol. The molecule has 1 saturated heterocycles. The minimum Gasteiger partial charge on any atom is -0.456 e. The lowest BCUT2D eigenvalue weighted by Gasteiger charge is -2.28. The minimum atomic E-state index is 0.429. The van der Waals surface area contributed by atoms with Crippen molar-refractivity contribution in [3.8, 4) is 22.8 Å². The lowest BCUT2D eigenvalue weighted by Crippen LogP contribution is -2.31. The third-order valence-electron chi connectivity index (χ3n) is 6.86. The highest BCUT2D eigenvalue weighted by Gasteiger charge is 2.18. The molecule has 1 aliphatic heterocycles. The average molecular weight is 499 g/mol. The molecule has 8 heteroatoms. The average Bonchev–Trinajstić information content (AvgIpc) is 3.35. The van der Waals surface area contributed by atoms with Crippen molar-refractivity contribution in [1.82, 2.24) is 29.6 Å². The quantitative estimate of drug-likeness (QED) is 0.290. The van der Waals surface area contributed by atoms with Crippen molar-refractivity contribution >= 4 is 33.5 Å². The summed E-state index contributed by atoms with van der Waals surface area (Å²) in [5, 5.41) is 6.07. The lowest BCUT2D eigenvalue weighted by molar-refractivity contribution is 0.201. The largest absolute Gasteiger partial charge is 0.456 e. The maximum atomic E-state index is 6.77. The van der Waals surface area contributed by atoms with Gasteiger partial charge in [0.05, 0.1) is 29.1 Å². The van der Waals surface area contributed by atoms with Gasteiger partial charge in [-0.2, -0.15) is 5.10 Å². The van der Waals surface area contributed by atoms with Gasteiger partial charge in [-0.1, -0.05) is 17.7 Å². The van der Waals surface area contributed by atoms with Crippen LogP contribution in [0, 0.1) is 12.8 Å². The Labute approximate surface area is 214 Å². The summed E-state index contributed by atoms with van der Waals surface area (Å²) in [5.41, 5.74) is 4.82. The molecule has 3 aromatic heterocycles. The normalized spacial score (nSPS) is 15.1. The number of fused-ring (bicyclic) bond motifs is 2. The Balaban J connectivity index is 1.26. The van der Waals surface area contributed by atoms with Crippen molar-refractivity contribution in [2.45, 2.75) is 26.3 Å². The Morgan fingerprint density at radius 1 is 1.00 bits per heavy atom. The van der Waals surface area contributed by atoms with Crippen LogP contribution in [0.3, 0.4) is 0 Å². The molecule has 0 radical (unpaired) electrons. The van der Waals surface area contributed by atoms with E-state index < -0.39 is 0 Å². The summed E-state index contributed by atoms with van der Waals surface area (Å²) in [7, 11) is 2.18. The summed E-state index contributed by atoms with van der Waals surface area (Å²) in [4.78, 5) is 16.4. The molecule has 0 spiro atoms. The second kappa shape index (κ2) is 9.48. The van der Waals surface area contributed by atoms with E-state index in [1.165, 1.54) is 12.8 Å². The predicted molar refractivity (Wildman–Crippen MR) is 143 cm³/mol. The van der Waals surface area contributed by atoms with Gasteiger partial charge in [-0.15, -0.1) is 0 Å². The number of ether oxygens (including phenoxy) is 1. The van der Waals surface area contributed by atoms with Gasteiger partial charge in [0, 0.05) is 35.5 Å². The number of piperidine rings is 1. The number of pyridine rings is 1. The Kier molecular flexibility index (Phi) is 6.03. The number of halogens is 1. The summed E-state index contributed by atoms with van der Waals surface area (Å²) in [6.07, 6.45) is 8.07. The molecule has 36 heavy (non-hydrogen) atoms. The van der Waals surface area contributed by atoms with Gasteiger partial charge in [0.25, 0.3) is 0 Å². The first-order chi connectivity index (χ1) is 17.5. The third-order valence-corrected chi connectivity index (χ3v) is 7.23. The molecule has 1 aliphatic rings. The fourth-order valence-corrected chi connectivity index (χ4v) is 4.98. The number of hydrogen-bond acceptors (Lipinski definition) is 6.